The third-order valence-electron chi connectivity index (χ3n) is 3.78. The standard InChI is InChI=1S/C18H9ClF3NO3S2/c19-10-5-6-13(12(8-10)18(20,21)22)23-15(24)14(28-17(23)27)7-9-3-1-2-4-11(9)16(25)26/h1-8H,(H,25,26)/b14-7+. The van der Waals surface area contributed by atoms with Crippen LogP contribution < -0.4 is 4.90 Å². The lowest BCUT2D eigenvalue weighted by atomic mass is 10.1. The van der Waals surface area contributed by atoms with Gasteiger partial charge in [0.15, 0.2) is 4.32 Å². The summed E-state index contributed by atoms with van der Waals surface area (Å²) in [5.41, 5.74) is -1.34. The van der Waals surface area contributed by atoms with E-state index in [1.807, 2.05) is 0 Å². The van der Waals surface area contributed by atoms with Gasteiger partial charge in [-0.2, -0.15) is 13.2 Å². The Labute approximate surface area is 171 Å². The van der Waals surface area contributed by atoms with Crippen LogP contribution in [0.25, 0.3) is 6.08 Å². The van der Waals surface area contributed by atoms with E-state index < -0.39 is 29.3 Å². The van der Waals surface area contributed by atoms with E-state index in [4.69, 9.17) is 23.8 Å². The average Bonchev–Trinajstić information content (AvgIpc) is 2.88. The number of carboxylic acid groups (broad SMARTS) is 1. The van der Waals surface area contributed by atoms with Crippen LogP contribution in [-0.2, 0) is 11.0 Å². The van der Waals surface area contributed by atoms with Crippen molar-refractivity contribution in [1.82, 2.24) is 0 Å². The molecular weight excluding hydrogens is 435 g/mol. The lowest BCUT2D eigenvalue weighted by Crippen LogP contribution is -2.30. The number of aromatic carboxylic acids is 1. The second-order valence-electron chi connectivity index (χ2n) is 5.57. The number of nitrogens with zero attached hydrogens (tertiary/aromatic N) is 1. The Morgan fingerprint density at radius 1 is 1.21 bits per heavy atom. The zero-order chi connectivity index (χ0) is 20.6. The number of rotatable bonds is 3. The molecule has 0 unspecified atom stereocenters. The summed E-state index contributed by atoms with van der Waals surface area (Å²) < 4.78 is 40.1. The number of halogens is 4. The molecule has 0 aliphatic carbocycles. The number of carboxylic acids is 1. The minimum Gasteiger partial charge on any atom is -0.478 e. The van der Waals surface area contributed by atoms with Crippen LogP contribution in [0.3, 0.4) is 0 Å². The van der Waals surface area contributed by atoms with E-state index in [1.54, 1.807) is 6.07 Å². The minimum atomic E-state index is -4.75. The molecule has 0 saturated carbocycles. The predicted octanol–water partition coefficient (Wildman–Crippen LogP) is 5.46. The van der Waals surface area contributed by atoms with Gasteiger partial charge < -0.3 is 5.11 Å². The summed E-state index contributed by atoms with van der Waals surface area (Å²) in [6, 6.07) is 8.97. The first-order valence-electron chi connectivity index (χ1n) is 7.56. The molecule has 1 aliphatic heterocycles. The molecule has 1 saturated heterocycles. The van der Waals surface area contributed by atoms with Gasteiger partial charge in [0.1, 0.15) is 0 Å². The molecule has 28 heavy (non-hydrogen) atoms. The van der Waals surface area contributed by atoms with Gasteiger partial charge in [0, 0.05) is 5.02 Å². The first kappa shape index (κ1) is 20.4. The summed E-state index contributed by atoms with van der Waals surface area (Å²) in [7, 11) is 0. The number of amides is 1. The first-order valence-corrected chi connectivity index (χ1v) is 9.17. The molecule has 2 aromatic rings. The van der Waals surface area contributed by atoms with Crippen molar-refractivity contribution in [2.24, 2.45) is 0 Å². The van der Waals surface area contributed by atoms with Gasteiger partial charge in [0.25, 0.3) is 5.91 Å². The van der Waals surface area contributed by atoms with Crippen LogP contribution in [0.2, 0.25) is 5.02 Å². The van der Waals surface area contributed by atoms with Crippen molar-refractivity contribution < 1.29 is 27.9 Å². The molecule has 0 bridgehead atoms. The van der Waals surface area contributed by atoms with Crippen LogP contribution >= 0.6 is 35.6 Å². The van der Waals surface area contributed by atoms with Gasteiger partial charge in [-0.1, -0.05) is 53.8 Å². The number of benzene rings is 2. The van der Waals surface area contributed by atoms with E-state index in [2.05, 4.69) is 0 Å². The van der Waals surface area contributed by atoms with Gasteiger partial charge in [-0.25, -0.2) is 4.79 Å². The minimum absolute atomic E-state index is 0.0155. The summed E-state index contributed by atoms with van der Waals surface area (Å²) in [5.74, 6) is -1.97. The topological polar surface area (TPSA) is 57.6 Å². The predicted molar refractivity (Wildman–Crippen MR) is 106 cm³/mol. The summed E-state index contributed by atoms with van der Waals surface area (Å²) in [6.45, 7) is 0. The number of hydrogen-bond donors (Lipinski definition) is 1. The van der Waals surface area contributed by atoms with Crippen molar-refractivity contribution in [3.05, 3.63) is 69.1 Å². The number of anilines is 1. The molecule has 1 N–H and O–H groups in total. The number of carbonyl (C=O) groups is 2. The zero-order valence-electron chi connectivity index (χ0n) is 13.7. The molecule has 144 valence electrons. The molecule has 4 nitrogen and oxygen atoms in total. The summed E-state index contributed by atoms with van der Waals surface area (Å²) in [5, 5.41) is 9.11. The van der Waals surface area contributed by atoms with E-state index in [0.717, 1.165) is 28.8 Å². The molecule has 1 aliphatic rings. The quantitative estimate of drug-likeness (QED) is 0.504. The summed E-state index contributed by atoms with van der Waals surface area (Å²) in [4.78, 5) is 24.9. The molecule has 1 heterocycles. The third-order valence-corrected chi connectivity index (χ3v) is 5.31. The number of alkyl halides is 3. The van der Waals surface area contributed by atoms with Crippen LogP contribution in [-0.4, -0.2) is 21.3 Å². The smallest absolute Gasteiger partial charge is 0.418 e. The highest BCUT2D eigenvalue weighted by molar-refractivity contribution is 8.27. The zero-order valence-corrected chi connectivity index (χ0v) is 16.0. The first-order chi connectivity index (χ1) is 13.1. The molecule has 10 heteroatoms. The van der Waals surface area contributed by atoms with E-state index in [-0.39, 0.29) is 25.4 Å². The van der Waals surface area contributed by atoms with Crippen LogP contribution in [0.15, 0.2) is 47.4 Å². The lowest BCUT2D eigenvalue weighted by molar-refractivity contribution is -0.137. The SMILES string of the molecule is O=C(O)c1ccccc1/C=C1/SC(=S)N(c2ccc(Cl)cc2C(F)(F)F)C1=O. The van der Waals surface area contributed by atoms with Gasteiger partial charge in [-0.3, -0.25) is 9.69 Å². The highest BCUT2D eigenvalue weighted by Crippen LogP contribution is 2.43. The molecule has 0 spiro atoms. The van der Waals surface area contributed by atoms with Gasteiger partial charge in [0.2, 0.25) is 0 Å². The van der Waals surface area contributed by atoms with Crippen LogP contribution in [0.4, 0.5) is 18.9 Å². The highest BCUT2D eigenvalue weighted by Gasteiger charge is 2.41. The third kappa shape index (κ3) is 3.91. The summed E-state index contributed by atoms with van der Waals surface area (Å²) >= 11 is 11.6. The average molecular weight is 444 g/mol. The molecule has 2 aromatic carbocycles. The monoisotopic (exact) mass is 443 g/mol. The fourth-order valence-electron chi connectivity index (χ4n) is 2.56. The van der Waals surface area contributed by atoms with Crippen molar-refractivity contribution in [2.75, 3.05) is 4.90 Å². The van der Waals surface area contributed by atoms with Crippen molar-refractivity contribution >= 4 is 63.5 Å². The molecule has 1 amide bonds. The van der Waals surface area contributed by atoms with Gasteiger partial charge >= 0.3 is 12.1 Å². The van der Waals surface area contributed by atoms with Gasteiger partial charge in [-0.15, -0.1) is 0 Å². The second-order valence-corrected chi connectivity index (χ2v) is 7.68. The fourth-order valence-corrected chi connectivity index (χ4v) is 4.01. The van der Waals surface area contributed by atoms with Crippen molar-refractivity contribution in [2.45, 2.75) is 6.18 Å². The maximum atomic E-state index is 13.4. The number of thioether (sulfide) groups is 1. The van der Waals surface area contributed by atoms with Gasteiger partial charge in [0.05, 0.1) is 21.7 Å². The Kier molecular flexibility index (Phi) is 5.51. The Bertz CT molecular complexity index is 1040. The Balaban J connectivity index is 2.06. The second kappa shape index (κ2) is 7.57. The Hall–Kier alpha value is -2.36. The Morgan fingerprint density at radius 3 is 2.54 bits per heavy atom. The van der Waals surface area contributed by atoms with Crippen LogP contribution in [0.1, 0.15) is 21.5 Å². The molecule has 0 atom stereocenters. The van der Waals surface area contributed by atoms with E-state index >= 15 is 0 Å². The van der Waals surface area contributed by atoms with E-state index in [0.29, 0.717) is 0 Å². The molecule has 1 fully saturated rings. The number of thiocarbonyl (C=S) groups is 1. The van der Waals surface area contributed by atoms with Gasteiger partial charge in [-0.05, 0) is 35.9 Å². The summed E-state index contributed by atoms with van der Waals surface area (Å²) in [6.07, 6.45) is -3.45. The molecule has 0 aromatic heterocycles. The van der Waals surface area contributed by atoms with Crippen molar-refractivity contribution in [1.29, 1.82) is 0 Å². The van der Waals surface area contributed by atoms with Crippen molar-refractivity contribution in [3.8, 4) is 0 Å². The molecule has 3 rings (SSSR count). The lowest BCUT2D eigenvalue weighted by Gasteiger charge is -2.20. The maximum absolute atomic E-state index is 13.4. The Morgan fingerprint density at radius 2 is 1.89 bits per heavy atom. The van der Waals surface area contributed by atoms with E-state index in [1.165, 1.54) is 30.3 Å². The van der Waals surface area contributed by atoms with Crippen molar-refractivity contribution in [3.63, 3.8) is 0 Å². The fraction of sp³-hybridized carbons (Fsp3) is 0.0556. The number of hydrogen-bond acceptors (Lipinski definition) is 4. The molecular formula is C18H9ClF3NO3S2. The molecule has 0 radical (unpaired) electrons. The largest absolute Gasteiger partial charge is 0.478 e. The normalized spacial score (nSPS) is 16.1. The number of carbonyl (C=O) groups excluding carboxylic acids is 1. The maximum Gasteiger partial charge on any atom is 0.418 e. The van der Waals surface area contributed by atoms with Crippen LogP contribution in [0, 0.1) is 0 Å². The van der Waals surface area contributed by atoms with Crippen LogP contribution in [0.5, 0.6) is 0 Å². The highest BCUT2D eigenvalue weighted by atomic mass is 35.5. The van der Waals surface area contributed by atoms with E-state index in [9.17, 15) is 27.9 Å².